The average molecular weight is 301 g/mol. The molecule has 1 aliphatic rings. The van der Waals surface area contributed by atoms with E-state index < -0.39 is 0 Å². The van der Waals surface area contributed by atoms with Gasteiger partial charge in [0.15, 0.2) is 0 Å². The number of hydrogen-bond acceptors (Lipinski definition) is 4. The van der Waals surface area contributed by atoms with Crippen LogP contribution < -0.4 is 15.4 Å². The molecule has 7 heteroatoms. The number of urea groups is 1. The van der Waals surface area contributed by atoms with E-state index in [9.17, 15) is 4.79 Å². The lowest BCUT2D eigenvalue weighted by Crippen LogP contribution is -2.38. The van der Waals surface area contributed by atoms with E-state index in [-0.39, 0.29) is 12.1 Å². The highest BCUT2D eigenvalue weighted by Crippen LogP contribution is 2.36. The number of fused-ring (bicyclic) bond motifs is 1. The largest absolute Gasteiger partial charge is 0.490 e. The molecule has 0 radical (unpaired) electrons. The smallest absolute Gasteiger partial charge is 0.315 e. The molecule has 1 atom stereocenters. The van der Waals surface area contributed by atoms with Gasteiger partial charge in [-0.2, -0.15) is 5.10 Å². The van der Waals surface area contributed by atoms with E-state index in [0.717, 1.165) is 16.9 Å². The second-order valence-electron chi connectivity index (χ2n) is 5.42. The third-order valence-corrected chi connectivity index (χ3v) is 3.99. The van der Waals surface area contributed by atoms with Crippen molar-refractivity contribution in [2.45, 2.75) is 26.4 Å². The van der Waals surface area contributed by atoms with Crippen LogP contribution >= 0.6 is 0 Å². The van der Waals surface area contributed by atoms with Crippen LogP contribution in [0.1, 0.15) is 28.6 Å². The maximum absolute atomic E-state index is 12.0. The van der Waals surface area contributed by atoms with Gasteiger partial charge >= 0.3 is 6.03 Å². The van der Waals surface area contributed by atoms with Crippen LogP contribution in [0.15, 0.2) is 18.5 Å². The molecular weight excluding hydrogens is 282 g/mol. The van der Waals surface area contributed by atoms with Gasteiger partial charge in [0.2, 0.25) is 0 Å². The lowest BCUT2D eigenvalue weighted by atomic mass is 10.0. The van der Waals surface area contributed by atoms with Crippen molar-refractivity contribution in [3.8, 4) is 5.75 Å². The molecule has 0 fully saturated rings. The van der Waals surface area contributed by atoms with Crippen LogP contribution in [0.3, 0.4) is 0 Å². The van der Waals surface area contributed by atoms with Crippen molar-refractivity contribution < 1.29 is 9.53 Å². The van der Waals surface area contributed by atoms with Crippen molar-refractivity contribution in [2.75, 3.05) is 6.61 Å². The molecule has 0 spiro atoms. The summed E-state index contributed by atoms with van der Waals surface area (Å²) >= 11 is 0. The standard InChI is InChI=1S/C15H19N5O2/c1-9-4-5-11-12(7-22-14(11)10(9)2)19-15(21)16-6-13-17-8-18-20(13)3/h4-5,8,12H,6-7H2,1-3H3,(H2,16,19,21)/t12-/m0/s1. The Kier molecular flexibility index (Phi) is 3.70. The zero-order chi connectivity index (χ0) is 15.7. The molecule has 0 saturated carbocycles. The van der Waals surface area contributed by atoms with Crippen LogP contribution in [0.2, 0.25) is 0 Å². The Morgan fingerprint density at radius 2 is 2.27 bits per heavy atom. The second kappa shape index (κ2) is 5.67. The summed E-state index contributed by atoms with van der Waals surface area (Å²) in [7, 11) is 1.79. The first-order valence-electron chi connectivity index (χ1n) is 7.16. The Hall–Kier alpha value is -2.57. The number of benzene rings is 1. The van der Waals surface area contributed by atoms with Crippen LogP contribution in [0, 0.1) is 13.8 Å². The van der Waals surface area contributed by atoms with Gasteiger partial charge in [-0.05, 0) is 25.0 Å². The lowest BCUT2D eigenvalue weighted by molar-refractivity contribution is 0.231. The highest BCUT2D eigenvalue weighted by molar-refractivity contribution is 5.74. The molecule has 0 saturated heterocycles. The first kappa shape index (κ1) is 14.4. The van der Waals surface area contributed by atoms with Crippen molar-refractivity contribution in [2.24, 2.45) is 7.05 Å². The molecule has 1 aromatic heterocycles. The summed E-state index contributed by atoms with van der Waals surface area (Å²) in [5.41, 5.74) is 3.34. The monoisotopic (exact) mass is 301 g/mol. The summed E-state index contributed by atoms with van der Waals surface area (Å²) < 4.78 is 7.35. The first-order valence-corrected chi connectivity index (χ1v) is 7.16. The quantitative estimate of drug-likeness (QED) is 0.897. The van der Waals surface area contributed by atoms with Gasteiger partial charge in [0.05, 0.1) is 12.6 Å². The number of aryl methyl sites for hydroxylation is 2. The molecule has 0 aliphatic carbocycles. The predicted molar refractivity (Wildman–Crippen MR) is 80.5 cm³/mol. The molecule has 22 heavy (non-hydrogen) atoms. The molecule has 2 heterocycles. The third-order valence-electron chi connectivity index (χ3n) is 3.99. The Bertz CT molecular complexity index is 710. The minimum atomic E-state index is -0.248. The summed E-state index contributed by atoms with van der Waals surface area (Å²) in [6, 6.07) is 3.68. The van der Waals surface area contributed by atoms with E-state index >= 15 is 0 Å². The number of amides is 2. The molecule has 0 unspecified atom stereocenters. The van der Waals surface area contributed by atoms with Crippen molar-refractivity contribution in [3.63, 3.8) is 0 Å². The third kappa shape index (κ3) is 2.61. The van der Waals surface area contributed by atoms with Crippen LogP contribution in [0.4, 0.5) is 4.79 Å². The summed E-state index contributed by atoms with van der Waals surface area (Å²) in [6.45, 7) is 4.87. The zero-order valence-corrected chi connectivity index (χ0v) is 12.9. The number of rotatable bonds is 3. The number of ether oxygens (including phenoxy) is 1. The Balaban J connectivity index is 1.62. The van der Waals surface area contributed by atoms with E-state index in [1.54, 1.807) is 11.7 Å². The highest BCUT2D eigenvalue weighted by Gasteiger charge is 2.27. The highest BCUT2D eigenvalue weighted by atomic mass is 16.5. The number of carbonyl (C=O) groups excluding carboxylic acids is 1. The van der Waals surface area contributed by atoms with Crippen LogP contribution in [-0.2, 0) is 13.6 Å². The molecule has 0 bridgehead atoms. The van der Waals surface area contributed by atoms with E-state index in [4.69, 9.17) is 4.74 Å². The summed E-state index contributed by atoms with van der Waals surface area (Å²) in [4.78, 5) is 16.1. The number of nitrogens with zero attached hydrogens (tertiary/aromatic N) is 3. The fraction of sp³-hybridized carbons (Fsp3) is 0.400. The predicted octanol–water partition coefficient (Wildman–Crippen LogP) is 1.36. The summed E-state index contributed by atoms with van der Waals surface area (Å²) in [6.07, 6.45) is 1.46. The fourth-order valence-corrected chi connectivity index (χ4v) is 2.50. The molecular formula is C15H19N5O2. The van der Waals surface area contributed by atoms with Gasteiger partial charge in [-0.25, -0.2) is 9.78 Å². The average Bonchev–Trinajstić information content (AvgIpc) is 3.08. The lowest BCUT2D eigenvalue weighted by Gasteiger charge is -2.13. The number of hydrogen-bond donors (Lipinski definition) is 2. The number of carbonyl (C=O) groups is 1. The van der Waals surface area contributed by atoms with Crippen molar-refractivity contribution in [3.05, 3.63) is 41.0 Å². The Morgan fingerprint density at radius 3 is 3.00 bits per heavy atom. The normalized spacial score (nSPS) is 16.0. The molecule has 2 amide bonds. The van der Waals surface area contributed by atoms with Crippen LogP contribution in [0.25, 0.3) is 0 Å². The maximum atomic E-state index is 12.0. The van der Waals surface area contributed by atoms with Gasteiger partial charge in [-0.15, -0.1) is 0 Å². The first-order chi connectivity index (χ1) is 10.6. The van der Waals surface area contributed by atoms with Crippen LogP contribution in [-0.4, -0.2) is 27.4 Å². The van der Waals surface area contributed by atoms with Crippen molar-refractivity contribution in [1.29, 1.82) is 0 Å². The van der Waals surface area contributed by atoms with E-state index in [0.29, 0.717) is 19.0 Å². The summed E-state index contributed by atoms with van der Waals surface area (Å²) in [5, 5.41) is 9.67. The second-order valence-corrected chi connectivity index (χ2v) is 5.42. The molecule has 1 aliphatic heterocycles. The van der Waals surface area contributed by atoms with E-state index in [2.05, 4.69) is 26.8 Å². The van der Waals surface area contributed by atoms with E-state index in [1.165, 1.54) is 11.9 Å². The zero-order valence-electron chi connectivity index (χ0n) is 12.9. The Labute approximate surface area is 128 Å². The minimum Gasteiger partial charge on any atom is -0.490 e. The van der Waals surface area contributed by atoms with Gasteiger partial charge in [0, 0.05) is 12.6 Å². The molecule has 1 aromatic carbocycles. The molecule has 116 valence electrons. The van der Waals surface area contributed by atoms with Gasteiger partial charge < -0.3 is 15.4 Å². The van der Waals surface area contributed by atoms with E-state index in [1.807, 2.05) is 19.9 Å². The molecule has 2 N–H and O–H groups in total. The fourth-order valence-electron chi connectivity index (χ4n) is 2.50. The maximum Gasteiger partial charge on any atom is 0.315 e. The minimum absolute atomic E-state index is 0.131. The topological polar surface area (TPSA) is 81.1 Å². The van der Waals surface area contributed by atoms with Gasteiger partial charge in [-0.3, -0.25) is 4.68 Å². The van der Waals surface area contributed by atoms with Crippen molar-refractivity contribution >= 4 is 6.03 Å². The Morgan fingerprint density at radius 1 is 1.45 bits per heavy atom. The SMILES string of the molecule is Cc1ccc2c(c1C)OC[C@@H]2NC(=O)NCc1ncnn1C. The summed E-state index contributed by atoms with van der Waals surface area (Å²) in [5.74, 6) is 1.59. The molecule has 2 aromatic rings. The van der Waals surface area contributed by atoms with Gasteiger partial charge in [0.25, 0.3) is 0 Å². The molecule has 3 rings (SSSR count). The number of nitrogens with one attached hydrogen (secondary N) is 2. The van der Waals surface area contributed by atoms with Gasteiger partial charge in [0.1, 0.15) is 24.5 Å². The van der Waals surface area contributed by atoms with Gasteiger partial charge in [-0.1, -0.05) is 12.1 Å². The molecule has 7 nitrogen and oxygen atoms in total. The number of aromatic nitrogens is 3. The van der Waals surface area contributed by atoms with Crippen molar-refractivity contribution in [1.82, 2.24) is 25.4 Å². The van der Waals surface area contributed by atoms with Crippen LogP contribution in [0.5, 0.6) is 5.75 Å².